The Labute approximate surface area is 226 Å². The lowest BCUT2D eigenvalue weighted by Crippen LogP contribution is -2.56. The first kappa shape index (κ1) is 29.2. The molecule has 2 aromatic rings. The molecule has 206 valence electrons. The van der Waals surface area contributed by atoms with Crippen LogP contribution in [0.5, 0.6) is 0 Å². The van der Waals surface area contributed by atoms with Crippen molar-refractivity contribution in [2.45, 2.75) is 64.8 Å². The number of amides is 3. The molecule has 8 nitrogen and oxygen atoms in total. The molecule has 2 N–H and O–H groups in total. The van der Waals surface area contributed by atoms with Gasteiger partial charge in [0.15, 0.2) is 0 Å². The zero-order chi connectivity index (χ0) is 27.5. The number of carbonyl (C=O) groups excluding carboxylic acids is 3. The molecule has 0 aliphatic carbocycles. The largest absolute Gasteiger partial charge is 0.445 e. The maximum absolute atomic E-state index is 13.6. The number of likely N-dealkylation sites (tertiary alicyclic amines) is 1. The van der Waals surface area contributed by atoms with Crippen molar-refractivity contribution in [3.05, 3.63) is 71.8 Å². The molecule has 0 bridgehead atoms. The van der Waals surface area contributed by atoms with Crippen LogP contribution < -0.4 is 10.6 Å². The molecule has 1 aliphatic rings. The Kier molecular flexibility index (Phi) is 11.1. The second-order valence-electron chi connectivity index (χ2n) is 10.3. The molecule has 1 aliphatic heterocycles. The van der Waals surface area contributed by atoms with Crippen molar-refractivity contribution in [1.82, 2.24) is 20.4 Å². The van der Waals surface area contributed by atoms with Crippen LogP contribution in [0.1, 0.15) is 44.7 Å². The molecule has 2 aromatic carbocycles. The van der Waals surface area contributed by atoms with Gasteiger partial charge in [-0.25, -0.2) is 4.79 Å². The summed E-state index contributed by atoms with van der Waals surface area (Å²) < 4.78 is 5.68. The minimum Gasteiger partial charge on any atom is -0.445 e. The van der Waals surface area contributed by atoms with Gasteiger partial charge < -0.3 is 25.2 Å². The van der Waals surface area contributed by atoms with Crippen LogP contribution in [0.25, 0.3) is 0 Å². The zero-order valence-electron chi connectivity index (χ0n) is 23.1. The van der Waals surface area contributed by atoms with E-state index in [9.17, 15) is 14.4 Å². The molecule has 0 spiro atoms. The Morgan fingerprint density at radius 3 is 2.24 bits per heavy atom. The molecule has 3 amide bonds. The maximum atomic E-state index is 13.6. The van der Waals surface area contributed by atoms with Gasteiger partial charge in [-0.2, -0.15) is 0 Å². The van der Waals surface area contributed by atoms with Crippen LogP contribution in [0.15, 0.2) is 60.7 Å². The van der Waals surface area contributed by atoms with E-state index in [0.29, 0.717) is 26.1 Å². The van der Waals surface area contributed by atoms with E-state index < -0.39 is 12.1 Å². The summed E-state index contributed by atoms with van der Waals surface area (Å²) >= 11 is 0. The average molecular weight is 523 g/mol. The third-order valence-corrected chi connectivity index (χ3v) is 7.12. The molecule has 1 heterocycles. The van der Waals surface area contributed by atoms with Gasteiger partial charge in [0.2, 0.25) is 11.8 Å². The van der Waals surface area contributed by atoms with Crippen molar-refractivity contribution >= 4 is 17.9 Å². The van der Waals surface area contributed by atoms with Crippen LogP contribution in [-0.4, -0.2) is 72.5 Å². The fraction of sp³-hybridized carbons (Fsp3) is 0.500. The molecule has 1 saturated heterocycles. The molecule has 3 atom stereocenters. The average Bonchev–Trinajstić information content (AvgIpc) is 3.40. The van der Waals surface area contributed by atoms with Crippen LogP contribution in [0.4, 0.5) is 4.79 Å². The highest BCUT2D eigenvalue weighted by atomic mass is 16.6. The van der Waals surface area contributed by atoms with Gasteiger partial charge in [0.25, 0.3) is 0 Å². The lowest BCUT2D eigenvalue weighted by Gasteiger charge is -2.34. The standard InChI is InChI=1S/C30H42N4O4/c1-22(2)27(32-28(35)23(3)31-4)29(36)34-18-11-16-26(34)20-33(19-17-24-12-7-5-8-13-24)30(37)38-21-25-14-9-6-10-15-25/h5-10,12-15,22-23,26-27,31H,11,16-21H2,1-4H3,(H,32,35)/t23-,26-,27-/m0/s1. The van der Waals surface area contributed by atoms with E-state index in [-0.39, 0.29) is 36.5 Å². The lowest BCUT2D eigenvalue weighted by molar-refractivity contribution is -0.139. The second kappa shape index (κ2) is 14.5. The van der Waals surface area contributed by atoms with Crippen molar-refractivity contribution in [2.75, 3.05) is 26.7 Å². The lowest BCUT2D eigenvalue weighted by atomic mass is 10.0. The molecule has 8 heteroatoms. The summed E-state index contributed by atoms with van der Waals surface area (Å²) in [5, 5.41) is 5.85. The van der Waals surface area contributed by atoms with E-state index in [2.05, 4.69) is 10.6 Å². The molecule has 0 saturated carbocycles. The van der Waals surface area contributed by atoms with Crippen molar-refractivity contribution in [3.8, 4) is 0 Å². The van der Waals surface area contributed by atoms with Crippen molar-refractivity contribution in [3.63, 3.8) is 0 Å². The maximum Gasteiger partial charge on any atom is 0.410 e. The number of ether oxygens (including phenoxy) is 1. The van der Waals surface area contributed by atoms with Crippen LogP contribution in [0, 0.1) is 5.92 Å². The summed E-state index contributed by atoms with van der Waals surface area (Å²) in [6.45, 7) is 7.31. The van der Waals surface area contributed by atoms with Crippen LogP contribution in [-0.2, 0) is 27.4 Å². The van der Waals surface area contributed by atoms with Crippen LogP contribution in [0.3, 0.4) is 0 Å². The first-order chi connectivity index (χ1) is 18.3. The highest BCUT2D eigenvalue weighted by Gasteiger charge is 2.37. The third kappa shape index (κ3) is 8.31. The molecule has 0 aromatic heterocycles. The van der Waals surface area contributed by atoms with Gasteiger partial charge in [-0.05, 0) is 50.3 Å². The smallest absolute Gasteiger partial charge is 0.410 e. The highest BCUT2D eigenvalue weighted by molar-refractivity contribution is 5.90. The van der Waals surface area contributed by atoms with Crippen molar-refractivity contribution in [2.24, 2.45) is 5.92 Å². The molecule has 0 radical (unpaired) electrons. The van der Waals surface area contributed by atoms with Gasteiger partial charge in [-0.3, -0.25) is 9.59 Å². The van der Waals surface area contributed by atoms with E-state index in [1.54, 1.807) is 18.9 Å². The van der Waals surface area contributed by atoms with Gasteiger partial charge in [-0.15, -0.1) is 0 Å². The van der Waals surface area contributed by atoms with Crippen molar-refractivity contribution < 1.29 is 19.1 Å². The van der Waals surface area contributed by atoms with E-state index in [4.69, 9.17) is 4.74 Å². The summed E-state index contributed by atoms with van der Waals surface area (Å²) in [5.41, 5.74) is 2.06. The van der Waals surface area contributed by atoms with Gasteiger partial charge in [0.1, 0.15) is 12.6 Å². The molecule has 3 rings (SSSR count). The monoisotopic (exact) mass is 522 g/mol. The second-order valence-corrected chi connectivity index (χ2v) is 10.3. The summed E-state index contributed by atoms with van der Waals surface area (Å²) in [5.74, 6) is -0.370. The van der Waals surface area contributed by atoms with Gasteiger partial charge in [-0.1, -0.05) is 74.5 Å². The highest BCUT2D eigenvalue weighted by Crippen LogP contribution is 2.22. The van der Waals surface area contributed by atoms with Gasteiger partial charge >= 0.3 is 6.09 Å². The Hall–Kier alpha value is -3.39. The molecule has 0 unspecified atom stereocenters. The van der Waals surface area contributed by atoms with Crippen LogP contribution >= 0.6 is 0 Å². The number of nitrogens with one attached hydrogen (secondary N) is 2. The number of rotatable bonds is 12. The third-order valence-electron chi connectivity index (χ3n) is 7.12. The van der Waals surface area contributed by atoms with Crippen molar-refractivity contribution in [1.29, 1.82) is 0 Å². The zero-order valence-corrected chi connectivity index (χ0v) is 23.1. The summed E-state index contributed by atoms with van der Waals surface area (Å²) in [6, 6.07) is 18.5. The SMILES string of the molecule is CN[C@@H](C)C(=O)N[C@H](C(=O)N1CCC[C@H]1CN(CCc1ccccc1)C(=O)OCc1ccccc1)C(C)C. The Bertz CT molecular complexity index is 1030. The van der Waals surface area contributed by atoms with Gasteiger partial charge in [0.05, 0.1) is 6.04 Å². The first-order valence-electron chi connectivity index (χ1n) is 13.6. The Balaban J connectivity index is 1.71. The Morgan fingerprint density at radius 1 is 1.00 bits per heavy atom. The topological polar surface area (TPSA) is 91.0 Å². The molecule has 1 fully saturated rings. The number of hydrogen-bond donors (Lipinski definition) is 2. The summed E-state index contributed by atoms with van der Waals surface area (Å²) in [6.07, 6.45) is 1.95. The number of carbonyl (C=O) groups is 3. The van der Waals surface area contributed by atoms with E-state index >= 15 is 0 Å². The number of likely N-dealkylation sites (N-methyl/N-ethyl adjacent to an activating group) is 1. The molecular formula is C30H42N4O4. The van der Waals surface area contributed by atoms with Crippen LogP contribution in [0.2, 0.25) is 0 Å². The predicted molar refractivity (Wildman–Crippen MR) is 148 cm³/mol. The van der Waals surface area contributed by atoms with Gasteiger partial charge in [0, 0.05) is 25.7 Å². The fourth-order valence-electron chi connectivity index (χ4n) is 4.65. The number of hydrogen-bond acceptors (Lipinski definition) is 5. The quantitative estimate of drug-likeness (QED) is 0.445. The van der Waals surface area contributed by atoms with E-state index in [0.717, 1.165) is 24.0 Å². The minimum atomic E-state index is -0.623. The number of nitrogens with zero attached hydrogens (tertiary/aromatic N) is 2. The van der Waals surface area contributed by atoms with E-state index in [1.165, 1.54) is 0 Å². The molecule has 38 heavy (non-hydrogen) atoms. The first-order valence-corrected chi connectivity index (χ1v) is 13.6. The van der Waals surface area contributed by atoms with E-state index in [1.807, 2.05) is 79.4 Å². The number of benzene rings is 2. The summed E-state index contributed by atoms with van der Waals surface area (Å²) in [7, 11) is 1.72. The summed E-state index contributed by atoms with van der Waals surface area (Å²) in [4.78, 5) is 43.0. The fourth-order valence-corrected chi connectivity index (χ4v) is 4.65. The predicted octanol–water partition coefficient (Wildman–Crippen LogP) is 3.61. The molecular weight excluding hydrogens is 480 g/mol. The normalized spacial score (nSPS) is 16.7. The minimum absolute atomic E-state index is 0.0678. The Morgan fingerprint density at radius 2 is 1.63 bits per heavy atom.